The highest BCUT2D eigenvalue weighted by atomic mass is 32.1. The molecular weight excluding hydrogens is 955 g/mol. The molecule has 0 N–H and O–H groups in total. The van der Waals surface area contributed by atoms with Gasteiger partial charge in [-0.2, -0.15) is 0 Å². The molecule has 76 heavy (non-hydrogen) atoms. The zero-order valence-corrected chi connectivity index (χ0v) is 43.0. The Morgan fingerprint density at radius 1 is 0.250 bits per heavy atom. The van der Waals surface area contributed by atoms with Crippen molar-refractivity contribution in [2.24, 2.45) is 0 Å². The van der Waals surface area contributed by atoms with Gasteiger partial charge in [-0.15, -0.1) is 22.7 Å². The number of hydrogen-bond donors (Lipinski definition) is 0. The van der Waals surface area contributed by atoms with E-state index in [1.807, 2.05) is 22.7 Å². The summed E-state index contributed by atoms with van der Waals surface area (Å²) in [7, 11) is 0. The van der Waals surface area contributed by atoms with E-state index in [0.29, 0.717) is 0 Å². The second kappa shape index (κ2) is 18.1. The first-order valence-corrected chi connectivity index (χ1v) is 27.7. The van der Waals surface area contributed by atoms with Gasteiger partial charge in [-0.3, -0.25) is 0 Å². The van der Waals surface area contributed by atoms with Gasteiger partial charge in [0.05, 0.1) is 5.41 Å². The van der Waals surface area contributed by atoms with Crippen LogP contribution in [0.15, 0.2) is 285 Å². The molecule has 0 fully saturated rings. The summed E-state index contributed by atoms with van der Waals surface area (Å²) in [6.45, 7) is 0. The normalized spacial score (nSPS) is 12.6. The topological polar surface area (TPSA) is 3.24 Å². The van der Waals surface area contributed by atoms with E-state index < -0.39 is 5.41 Å². The van der Waals surface area contributed by atoms with E-state index >= 15 is 0 Å². The minimum Gasteiger partial charge on any atom is -0.310 e. The zero-order chi connectivity index (χ0) is 50.2. The van der Waals surface area contributed by atoms with E-state index in [-0.39, 0.29) is 0 Å². The summed E-state index contributed by atoms with van der Waals surface area (Å²) in [5.41, 5.74) is 20.2. The molecule has 0 amide bonds. The smallest absolute Gasteiger partial charge is 0.0713 e. The van der Waals surface area contributed by atoms with Gasteiger partial charge in [0.2, 0.25) is 0 Å². The van der Waals surface area contributed by atoms with Gasteiger partial charge in [0.1, 0.15) is 0 Å². The molecule has 2 aromatic heterocycles. The van der Waals surface area contributed by atoms with Crippen molar-refractivity contribution in [3.63, 3.8) is 0 Å². The maximum Gasteiger partial charge on any atom is 0.0713 e. The van der Waals surface area contributed by atoms with Crippen molar-refractivity contribution in [2.75, 3.05) is 4.90 Å². The van der Waals surface area contributed by atoms with Crippen molar-refractivity contribution >= 4 is 80.1 Å². The second-order valence-electron chi connectivity index (χ2n) is 19.9. The van der Waals surface area contributed by atoms with E-state index in [0.717, 1.165) is 17.1 Å². The fourth-order valence-electron chi connectivity index (χ4n) is 12.3. The van der Waals surface area contributed by atoms with Gasteiger partial charge in [0.25, 0.3) is 0 Å². The summed E-state index contributed by atoms with van der Waals surface area (Å²) >= 11 is 3.76. The van der Waals surface area contributed by atoms with Gasteiger partial charge in [0, 0.05) is 57.4 Å². The van der Waals surface area contributed by atoms with Crippen molar-refractivity contribution < 1.29 is 0 Å². The summed E-state index contributed by atoms with van der Waals surface area (Å²) in [6, 6.07) is 106. The van der Waals surface area contributed by atoms with Crippen molar-refractivity contribution in [2.45, 2.75) is 5.41 Å². The van der Waals surface area contributed by atoms with Crippen LogP contribution in [0, 0.1) is 0 Å². The van der Waals surface area contributed by atoms with Crippen molar-refractivity contribution in [3.8, 4) is 55.6 Å². The number of rotatable bonds is 9. The van der Waals surface area contributed by atoms with Gasteiger partial charge < -0.3 is 4.90 Å². The van der Waals surface area contributed by atoms with Gasteiger partial charge in [-0.1, -0.05) is 237 Å². The minimum absolute atomic E-state index is 0.471. The third-order valence-electron chi connectivity index (χ3n) is 15.8. The molecule has 0 radical (unpaired) electrons. The Hall–Kier alpha value is -9.12. The van der Waals surface area contributed by atoms with Gasteiger partial charge >= 0.3 is 0 Å². The summed E-state index contributed by atoms with van der Waals surface area (Å²) in [6.07, 6.45) is 0. The fourth-order valence-corrected chi connectivity index (χ4v) is 14.7. The van der Waals surface area contributed by atoms with Crippen LogP contribution in [-0.4, -0.2) is 0 Å². The minimum atomic E-state index is -0.471. The molecule has 12 aromatic carbocycles. The lowest BCUT2D eigenvalue weighted by Crippen LogP contribution is -2.28. The quantitative estimate of drug-likeness (QED) is 0.139. The largest absolute Gasteiger partial charge is 0.310 e. The maximum atomic E-state index is 2.43. The SMILES string of the molecule is c1ccc(C2(c3ccccc3)c3ccccc3-c3cc(N(c4ccc(-c5ccc(-c6cccc7c6sc6ccccc67)cc5)cc4)c4ccc(-c5ccc(-c6cccc7c6sc6ccccc67)cc5)cc4)ccc32)cc1. The van der Waals surface area contributed by atoms with Crippen LogP contribution in [0.4, 0.5) is 17.1 Å². The fraction of sp³-hybridized carbons (Fsp3) is 0.0137. The van der Waals surface area contributed by atoms with Crippen LogP contribution in [0.2, 0.25) is 0 Å². The average molecular weight is 1000 g/mol. The molecule has 0 bridgehead atoms. The van der Waals surface area contributed by atoms with Gasteiger partial charge in [-0.05, 0) is 126 Å². The average Bonchev–Trinajstić information content (AvgIpc) is 4.21. The number of nitrogens with zero attached hydrogens (tertiary/aromatic N) is 1. The highest BCUT2D eigenvalue weighted by Crippen LogP contribution is 2.57. The molecule has 14 aromatic rings. The lowest BCUT2D eigenvalue weighted by molar-refractivity contribution is 0.768. The number of fused-ring (bicyclic) bond motifs is 9. The van der Waals surface area contributed by atoms with E-state index in [1.54, 1.807) is 0 Å². The molecule has 356 valence electrons. The van der Waals surface area contributed by atoms with Crippen LogP contribution >= 0.6 is 22.7 Å². The molecule has 1 aliphatic rings. The first kappa shape index (κ1) is 44.4. The molecule has 0 spiro atoms. The standard InChI is InChI=1S/C73H47NS2/c1-3-15-54(16-4-1)73(55-17-5-2-6-18-55)67-26-10-7-19-61(67)66-47-58(45-46-68(66)73)74(56-41-37-50(38-42-56)48-29-33-52(34-30-48)59-22-13-24-64-62-20-8-11-27-69(62)75-71(59)64)57-43-39-51(40-44-57)49-31-35-53(36-32-49)60-23-14-25-65-63-21-9-12-28-70(63)76-72(60)65/h1-47H. The van der Waals surface area contributed by atoms with Crippen molar-refractivity contribution in [1.29, 1.82) is 0 Å². The van der Waals surface area contributed by atoms with E-state index in [4.69, 9.17) is 0 Å². The third-order valence-corrected chi connectivity index (χ3v) is 18.3. The lowest BCUT2D eigenvalue weighted by atomic mass is 9.68. The van der Waals surface area contributed by atoms with Crippen molar-refractivity contribution in [1.82, 2.24) is 0 Å². The first-order valence-electron chi connectivity index (χ1n) is 26.1. The Balaban J connectivity index is 0.812. The van der Waals surface area contributed by atoms with E-state index in [1.165, 1.54) is 118 Å². The maximum absolute atomic E-state index is 2.43. The highest BCUT2D eigenvalue weighted by Gasteiger charge is 2.46. The Labute approximate surface area is 450 Å². The van der Waals surface area contributed by atoms with E-state index in [2.05, 4.69) is 290 Å². The molecule has 1 aliphatic carbocycles. The molecular formula is C73H47NS2. The Kier molecular flexibility index (Phi) is 10.6. The number of thiophene rings is 2. The molecule has 0 saturated heterocycles. The van der Waals surface area contributed by atoms with Crippen molar-refractivity contribution in [3.05, 3.63) is 307 Å². The molecule has 15 rings (SSSR count). The number of hydrogen-bond acceptors (Lipinski definition) is 3. The summed E-state index contributed by atoms with van der Waals surface area (Å²) < 4.78 is 5.33. The van der Waals surface area contributed by atoms with Crippen LogP contribution < -0.4 is 4.90 Å². The molecule has 2 heterocycles. The number of benzene rings is 12. The van der Waals surface area contributed by atoms with E-state index in [9.17, 15) is 0 Å². The predicted molar refractivity (Wildman–Crippen MR) is 326 cm³/mol. The highest BCUT2D eigenvalue weighted by molar-refractivity contribution is 7.26. The number of anilines is 3. The summed E-state index contributed by atoms with van der Waals surface area (Å²) in [4.78, 5) is 2.42. The molecule has 3 heteroatoms. The lowest BCUT2D eigenvalue weighted by Gasteiger charge is -2.34. The monoisotopic (exact) mass is 1000 g/mol. The van der Waals surface area contributed by atoms with Crippen LogP contribution in [0.3, 0.4) is 0 Å². The molecule has 0 atom stereocenters. The Morgan fingerprint density at radius 3 is 1.12 bits per heavy atom. The van der Waals surface area contributed by atoms with Gasteiger partial charge in [-0.25, -0.2) is 0 Å². The Bertz CT molecular complexity index is 4230. The third kappa shape index (κ3) is 7.12. The Morgan fingerprint density at radius 2 is 0.618 bits per heavy atom. The molecule has 0 aliphatic heterocycles. The summed E-state index contributed by atoms with van der Waals surface area (Å²) in [5.74, 6) is 0. The van der Waals surface area contributed by atoms with Crippen LogP contribution in [0.25, 0.3) is 96.0 Å². The molecule has 1 nitrogen and oxygen atoms in total. The second-order valence-corrected chi connectivity index (χ2v) is 22.0. The first-order chi connectivity index (χ1) is 37.7. The predicted octanol–water partition coefficient (Wildman–Crippen LogP) is 20.9. The molecule has 0 unspecified atom stereocenters. The van der Waals surface area contributed by atoms with Gasteiger partial charge in [0.15, 0.2) is 0 Å². The van der Waals surface area contributed by atoms with Crippen LogP contribution in [0.1, 0.15) is 22.3 Å². The molecule has 0 saturated carbocycles. The summed E-state index contributed by atoms with van der Waals surface area (Å²) in [5, 5.41) is 5.29. The van der Waals surface area contributed by atoms with Crippen LogP contribution in [-0.2, 0) is 5.41 Å². The van der Waals surface area contributed by atoms with Crippen LogP contribution in [0.5, 0.6) is 0 Å². The zero-order valence-electron chi connectivity index (χ0n) is 41.4.